The van der Waals surface area contributed by atoms with Gasteiger partial charge in [-0.05, 0) is 36.4 Å². The van der Waals surface area contributed by atoms with Crippen LogP contribution >= 0.6 is 10.7 Å². The number of para-hydroxylation sites is 1. The number of halogens is 1. The minimum absolute atomic E-state index is 0.0843. The molecule has 0 aliphatic carbocycles. The number of carbonyl (C=O) groups excluding carboxylic acids is 1. The Hall–Kier alpha value is -3.24. The van der Waals surface area contributed by atoms with Crippen LogP contribution in [0.1, 0.15) is 10.5 Å². The molecule has 0 bridgehead atoms. The molecule has 28 heavy (non-hydrogen) atoms. The Balaban J connectivity index is 2.02. The van der Waals surface area contributed by atoms with Gasteiger partial charge in [-0.15, -0.1) is 5.11 Å². The molecule has 3 rings (SSSR count). The number of hydrogen-bond acceptors (Lipinski definition) is 7. The summed E-state index contributed by atoms with van der Waals surface area (Å²) in [7, 11) is 2.84. The fraction of sp³-hybridized carbons (Fsp3) is 0.0588. The van der Waals surface area contributed by atoms with Crippen LogP contribution in [0.4, 0.5) is 11.4 Å². The lowest BCUT2D eigenvalue weighted by atomic mass is 10.3. The SMILES string of the molecule is CNC(=O)c1nn(-c2ccccc2)c(O)c1N=Nc1ccc(S(=O)(=O)Cl)cc1. The average molecular weight is 420 g/mol. The summed E-state index contributed by atoms with van der Waals surface area (Å²) in [6.07, 6.45) is 0. The van der Waals surface area contributed by atoms with Crippen LogP contribution < -0.4 is 5.32 Å². The molecule has 1 heterocycles. The molecule has 11 heteroatoms. The zero-order valence-electron chi connectivity index (χ0n) is 14.4. The van der Waals surface area contributed by atoms with Crippen LogP contribution in [0.2, 0.25) is 0 Å². The molecule has 0 fully saturated rings. The highest BCUT2D eigenvalue weighted by Crippen LogP contribution is 2.34. The number of nitrogens with one attached hydrogen (secondary N) is 1. The second kappa shape index (κ2) is 7.79. The first-order chi connectivity index (χ1) is 13.3. The summed E-state index contributed by atoms with van der Waals surface area (Å²) >= 11 is 0. The van der Waals surface area contributed by atoms with E-state index in [0.29, 0.717) is 11.4 Å². The molecule has 9 nitrogen and oxygen atoms in total. The Morgan fingerprint density at radius 1 is 1.11 bits per heavy atom. The zero-order chi connectivity index (χ0) is 20.3. The fourth-order valence-corrected chi connectivity index (χ4v) is 3.07. The molecule has 1 amide bonds. The first-order valence-electron chi connectivity index (χ1n) is 7.87. The number of aromatic hydroxyl groups is 1. The summed E-state index contributed by atoms with van der Waals surface area (Å²) in [6.45, 7) is 0. The van der Waals surface area contributed by atoms with Crippen molar-refractivity contribution >= 4 is 37.0 Å². The summed E-state index contributed by atoms with van der Waals surface area (Å²) < 4.78 is 23.7. The van der Waals surface area contributed by atoms with E-state index in [2.05, 4.69) is 20.6 Å². The molecule has 144 valence electrons. The van der Waals surface area contributed by atoms with Crippen molar-refractivity contribution in [1.82, 2.24) is 15.1 Å². The molecule has 2 N–H and O–H groups in total. The van der Waals surface area contributed by atoms with Crippen LogP contribution in [0.3, 0.4) is 0 Å². The van der Waals surface area contributed by atoms with Crippen LogP contribution in [0.15, 0.2) is 69.7 Å². The molecular weight excluding hydrogens is 406 g/mol. The molecule has 0 saturated carbocycles. The highest BCUT2D eigenvalue weighted by molar-refractivity contribution is 8.13. The Morgan fingerprint density at radius 2 is 1.75 bits per heavy atom. The van der Waals surface area contributed by atoms with Crippen LogP contribution in [-0.4, -0.2) is 36.3 Å². The third kappa shape index (κ3) is 4.02. The lowest BCUT2D eigenvalue weighted by Gasteiger charge is -2.01. The molecule has 0 saturated heterocycles. The minimum atomic E-state index is -3.85. The van der Waals surface area contributed by atoms with Gasteiger partial charge in [0.1, 0.15) is 0 Å². The van der Waals surface area contributed by atoms with Gasteiger partial charge in [0.15, 0.2) is 11.4 Å². The van der Waals surface area contributed by atoms with E-state index in [1.54, 1.807) is 30.3 Å². The van der Waals surface area contributed by atoms with E-state index in [0.717, 1.165) is 0 Å². The van der Waals surface area contributed by atoms with Gasteiger partial charge in [-0.2, -0.15) is 14.9 Å². The van der Waals surface area contributed by atoms with E-state index in [4.69, 9.17) is 10.7 Å². The van der Waals surface area contributed by atoms with Crippen LogP contribution in [-0.2, 0) is 9.05 Å². The predicted molar refractivity (Wildman–Crippen MR) is 102 cm³/mol. The summed E-state index contributed by atoms with van der Waals surface area (Å²) in [5, 5.41) is 24.9. The van der Waals surface area contributed by atoms with E-state index in [-0.39, 0.29) is 22.2 Å². The van der Waals surface area contributed by atoms with Gasteiger partial charge in [-0.3, -0.25) is 4.79 Å². The fourth-order valence-electron chi connectivity index (χ4n) is 2.30. The molecule has 0 unspecified atom stereocenters. The van der Waals surface area contributed by atoms with Crippen molar-refractivity contribution in [3.05, 3.63) is 60.3 Å². The number of carbonyl (C=O) groups is 1. The van der Waals surface area contributed by atoms with Gasteiger partial charge in [0, 0.05) is 17.7 Å². The number of rotatable bonds is 5. The number of nitrogens with zero attached hydrogens (tertiary/aromatic N) is 4. The average Bonchev–Trinajstić information content (AvgIpc) is 3.02. The lowest BCUT2D eigenvalue weighted by Crippen LogP contribution is -2.18. The number of benzene rings is 2. The van der Waals surface area contributed by atoms with Crippen molar-refractivity contribution in [1.29, 1.82) is 0 Å². The van der Waals surface area contributed by atoms with E-state index in [1.165, 1.54) is 36.0 Å². The molecule has 0 spiro atoms. The van der Waals surface area contributed by atoms with E-state index < -0.39 is 15.0 Å². The van der Waals surface area contributed by atoms with Crippen molar-refractivity contribution in [2.75, 3.05) is 7.05 Å². The molecule has 0 aliphatic rings. The quantitative estimate of drug-likeness (QED) is 0.484. The Kier molecular flexibility index (Phi) is 5.43. The number of aromatic nitrogens is 2. The van der Waals surface area contributed by atoms with E-state index >= 15 is 0 Å². The molecule has 2 aromatic carbocycles. The summed E-state index contributed by atoms with van der Waals surface area (Å²) in [6, 6.07) is 14.0. The van der Waals surface area contributed by atoms with Crippen molar-refractivity contribution in [3.63, 3.8) is 0 Å². The standard InChI is InChI=1S/C17H14ClN5O4S/c1-19-16(24)14-15(17(25)23(22-14)12-5-3-2-4-6-12)21-20-11-7-9-13(10-8-11)28(18,26)27/h2-10,25H,1H3,(H,19,24). The Labute approximate surface area is 164 Å². The Morgan fingerprint density at radius 3 is 2.32 bits per heavy atom. The molecule has 1 aromatic heterocycles. The van der Waals surface area contributed by atoms with Gasteiger partial charge in [0.2, 0.25) is 5.88 Å². The molecule has 0 atom stereocenters. The van der Waals surface area contributed by atoms with Gasteiger partial charge >= 0.3 is 0 Å². The van der Waals surface area contributed by atoms with Crippen molar-refractivity contribution in [2.24, 2.45) is 10.2 Å². The van der Waals surface area contributed by atoms with Crippen molar-refractivity contribution < 1.29 is 18.3 Å². The molecule has 3 aromatic rings. The normalized spacial score (nSPS) is 11.6. The first kappa shape index (κ1) is 19.5. The number of azo groups is 1. The van der Waals surface area contributed by atoms with Crippen molar-refractivity contribution in [2.45, 2.75) is 4.90 Å². The van der Waals surface area contributed by atoms with Crippen LogP contribution in [0.5, 0.6) is 5.88 Å². The van der Waals surface area contributed by atoms with Gasteiger partial charge in [-0.25, -0.2) is 8.42 Å². The van der Waals surface area contributed by atoms with Gasteiger partial charge in [-0.1, -0.05) is 18.2 Å². The summed E-state index contributed by atoms with van der Waals surface area (Å²) in [5.74, 6) is -0.920. The van der Waals surface area contributed by atoms with Gasteiger partial charge in [0.05, 0.1) is 16.3 Å². The maximum atomic E-state index is 12.1. The van der Waals surface area contributed by atoms with E-state index in [9.17, 15) is 18.3 Å². The minimum Gasteiger partial charge on any atom is -0.492 e. The maximum absolute atomic E-state index is 12.1. The largest absolute Gasteiger partial charge is 0.492 e. The van der Waals surface area contributed by atoms with Crippen LogP contribution in [0, 0.1) is 0 Å². The second-order valence-electron chi connectivity index (χ2n) is 5.48. The molecule has 0 aliphatic heterocycles. The Bertz CT molecular complexity index is 1140. The summed E-state index contributed by atoms with van der Waals surface area (Å²) in [5.41, 5.74) is 0.576. The highest BCUT2D eigenvalue weighted by Gasteiger charge is 2.23. The molecular formula is C17H14ClN5O4S. The highest BCUT2D eigenvalue weighted by atomic mass is 35.7. The topological polar surface area (TPSA) is 126 Å². The third-order valence-electron chi connectivity index (χ3n) is 3.66. The lowest BCUT2D eigenvalue weighted by molar-refractivity contribution is 0.0958. The first-order valence-corrected chi connectivity index (χ1v) is 10.2. The van der Waals surface area contributed by atoms with Crippen LogP contribution in [0.25, 0.3) is 5.69 Å². The monoisotopic (exact) mass is 419 g/mol. The summed E-state index contributed by atoms with van der Waals surface area (Å²) in [4.78, 5) is 12.0. The van der Waals surface area contributed by atoms with Gasteiger partial charge < -0.3 is 10.4 Å². The number of hydrogen-bond donors (Lipinski definition) is 2. The molecule has 0 radical (unpaired) electrons. The van der Waals surface area contributed by atoms with E-state index in [1.807, 2.05) is 0 Å². The van der Waals surface area contributed by atoms with Crippen molar-refractivity contribution in [3.8, 4) is 11.6 Å². The maximum Gasteiger partial charge on any atom is 0.274 e. The van der Waals surface area contributed by atoms with Gasteiger partial charge in [0.25, 0.3) is 15.0 Å². The third-order valence-corrected chi connectivity index (χ3v) is 5.03. The predicted octanol–water partition coefficient (Wildman–Crippen LogP) is 3.28. The number of amides is 1. The zero-order valence-corrected chi connectivity index (χ0v) is 16.0. The second-order valence-corrected chi connectivity index (χ2v) is 8.04. The smallest absolute Gasteiger partial charge is 0.274 e.